The highest BCUT2D eigenvalue weighted by Crippen LogP contribution is 2.11. The highest BCUT2D eigenvalue weighted by molar-refractivity contribution is 5.97. The summed E-state index contributed by atoms with van der Waals surface area (Å²) in [6, 6.07) is 4.34. The maximum absolute atomic E-state index is 11.8. The van der Waals surface area contributed by atoms with Gasteiger partial charge < -0.3 is 15.8 Å². The van der Waals surface area contributed by atoms with Crippen molar-refractivity contribution in [2.75, 3.05) is 12.8 Å². The second kappa shape index (κ2) is 5.34. The third kappa shape index (κ3) is 3.48. The van der Waals surface area contributed by atoms with Gasteiger partial charge in [-0.05, 0) is 37.6 Å². The molecule has 92 valence electrons. The van der Waals surface area contributed by atoms with E-state index >= 15 is 0 Å². The molecular weight excluding hydrogens is 220 g/mol. The van der Waals surface area contributed by atoms with E-state index in [1.54, 1.807) is 25.1 Å². The summed E-state index contributed by atoms with van der Waals surface area (Å²) >= 11 is 0. The van der Waals surface area contributed by atoms with E-state index in [9.17, 15) is 9.59 Å². The number of nitrogens with one attached hydrogen (secondary N) is 1. The number of carbonyl (C=O) groups excluding carboxylic acids is 2. The van der Waals surface area contributed by atoms with Crippen molar-refractivity contribution in [2.45, 2.75) is 19.9 Å². The molecule has 3 N–H and O–H groups in total. The molecule has 0 saturated carbocycles. The number of methoxy groups -OCH3 is 1. The van der Waals surface area contributed by atoms with Crippen LogP contribution in [0, 0.1) is 6.92 Å². The second-order valence-electron chi connectivity index (χ2n) is 3.85. The molecule has 1 amide bonds. The molecule has 0 spiro atoms. The first-order valence-electron chi connectivity index (χ1n) is 5.20. The van der Waals surface area contributed by atoms with Gasteiger partial charge in [0.25, 0.3) is 5.91 Å². The standard InChI is InChI=1S/C12H16N2O3/c1-7-4-9(6-10(13)5-7)11(15)14-8(2)12(16)17-3/h4-6,8H,13H2,1-3H3,(H,14,15). The lowest BCUT2D eigenvalue weighted by atomic mass is 10.1. The molecule has 0 heterocycles. The number of hydrogen-bond donors (Lipinski definition) is 2. The second-order valence-corrected chi connectivity index (χ2v) is 3.85. The smallest absolute Gasteiger partial charge is 0.328 e. The molecule has 0 aliphatic carbocycles. The SMILES string of the molecule is COC(=O)C(C)NC(=O)c1cc(C)cc(N)c1. The number of nitrogen functional groups attached to an aromatic ring is 1. The van der Waals surface area contributed by atoms with E-state index in [2.05, 4.69) is 10.1 Å². The summed E-state index contributed by atoms with van der Waals surface area (Å²) in [5, 5.41) is 2.53. The fraction of sp³-hybridized carbons (Fsp3) is 0.333. The van der Waals surface area contributed by atoms with Gasteiger partial charge in [-0.25, -0.2) is 4.79 Å². The minimum absolute atomic E-state index is 0.349. The Labute approximate surface area is 99.9 Å². The Bertz CT molecular complexity index is 423. The van der Waals surface area contributed by atoms with E-state index in [0.29, 0.717) is 11.3 Å². The number of amides is 1. The molecule has 0 aliphatic rings. The lowest BCUT2D eigenvalue weighted by Gasteiger charge is -2.12. The predicted molar refractivity (Wildman–Crippen MR) is 64.5 cm³/mol. The number of hydrogen-bond acceptors (Lipinski definition) is 4. The maximum atomic E-state index is 11.8. The lowest BCUT2D eigenvalue weighted by molar-refractivity contribution is -0.142. The number of nitrogens with two attached hydrogens (primary N) is 1. The van der Waals surface area contributed by atoms with Crippen LogP contribution in [0.25, 0.3) is 0 Å². The Morgan fingerprint density at radius 3 is 2.53 bits per heavy atom. The predicted octanol–water partition coefficient (Wildman–Crippen LogP) is 0.869. The van der Waals surface area contributed by atoms with E-state index in [4.69, 9.17) is 5.73 Å². The van der Waals surface area contributed by atoms with Crippen LogP contribution < -0.4 is 11.1 Å². The molecule has 5 heteroatoms. The van der Waals surface area contributed by atoms with E-state index in [1.165, 1.54) is 7.11 Å². The molecule has 0 aromatic heterocycles. The largest absolute Gasteiger partial charge is 0.467 e. The van der Waals surface area contributed by atoms with Gasteiger partial charge in [-0.2, -0.15) is 0 Å². The summed E-state index contributed by atoms with van der Waals surface area (Å²) in [6.45, 7) is 3.40. The van der Waals surface area contributed by atoms with Gasteiger partial charge in [-0.3, -0.25) is 4.79 Å². The molecule has 0 aliphatic heterocycles. The van der Waals surface area contributed by atoms with Gasteiger partial charge >= 0.3 is 5.97 Å². The fourth-order valence-electron chi connectivity index (χ4n) is 1.46. The van der Waals surface area contributed by atoms with Crippen molar-refractivity contribution in [3.05, 3.63) is 29.3 Å². The number of aryl methyl sites for hydroxylation is 1. The van der Waals surface area contributed by atoms with Crippen LogP contribution in [0.15, 0.2) is 18.2 Å². The third-order valence-electron chi connectivity index (χ3n) is 2.26. The van der Waals surface area contributed by atoms with Gasteiger partial charge in [0.15, 0.2) is 0 Å². The van der Waals surface area contributed by atoms with E-state index in [-0.39, 0.29) is 5.91 Å². The highest BCUT2D eigenvalue weighted by Gasteiger charge is 2.17. The van der Waals surface area contributed by atoms with E-state index < -0.39 is 12.0 Å². The van der Waals surface area contributed by atoms with Gasteiger partial charge in [0.2, 0.25) is 0 Å². The number of esters is 1. The average molecular weight is 236 g/mol. The van der Waals surface area contributed by atoms with Crippen molar-refractivity contribution in [3.63, 3.8) is 0 Å². The Hall–Kier alpha value is -2.04. The molecule has 5 nitrogen and oxygen atoms in total. The zero-order chi connectivity index (χ0) is 13.0. The molecule has 1 unspecified atom stereocenters. The average Bonchev–Trinajstić information content (AvgIpc) is 2.26. The molecule has 0 saturated heterocycles. The monoisotopic (exact) mass is 236 g/mol. The number of carbonyl (C=O) groups is 2. The van der Waals surface area contributed by atoms with Crippen LogP contribution in [0.4, 0.5) is 5.69 Å². The molecule has 1 atom stereocenters. The van der Waals surface area contributed by atoms with Crippen molar-refractivity contribution in [2.24, 2.45) is 0 Å². The van der Waals surface area contributed by atoms with Gasteiger partial charge in [0.05, 0.1) is 7.11 Å². The molecular formula is C12H16N2O3. The third-order valence-corrected chi connectivity index (χ3v) is 2.26. The van der Waals surface area contributed by atoms with Gasteiger partial charge in [-0.15, -0.1) is 0 Å². The highest BCUT2D eigenvalue weighted by atomic mass is 16.5. The van der Waals surface area contributed by atoms with E-state index in [1.807, 2.05) is 6.92 Å². The van der Waals surface area contributed by atoms with Crippen LogP contribution in [0.5, 0.6) is 0 Å². The Kier molecular flexibility index (Phi) is 4.09. The van der Waals surface area contributed by atoms with Gasteiger partial charge in [0.1, 0.15) is 6.04 Å². The van der Waals surface area contributed by atoms with Crippen LogP contribution in [0.3, 0.4) is 0 Å². The summed E-state index contributed by atoms with van der Waals surface area (Å²) in [7, 11) is 1.27. The van der Waals surface area contributed by atoms with Gasteiger partial charge in [-0.1, -0.05) is 0 Å². The molecule has 1 aromatic carbocycles. The van der Waals surface area contributed by atoms with Crippen LogP contribution >= 0.6 is 0 Å². The zero-order valence-electron chi connectivity index (χ0n) is 10.1. The number of ether oxygens (including phenoxy) is 1. The van der Waals surface area contributed by atoms with Crippen LogP contribution in [0.2, 0.25) is 0 Å². The number of rotatable bonds is 3. The first-order valence-corrected chi connectivity index (χ1v) is 5.20. The summed E-state index contributed by atoms with van der Waals surface area (Å²) in [5.74, 6) is -0.836. The minimum atomic E-state index is -0.686. The molecule has 1 rings (SSSR count). The number of benzene rings is 1. The van der Waals surface area contributed by atoms with Crippen LogP contribution in [0.1, 0.15) is 22.8 Å². The topological polar surface area (TPSA) is 81.4 Å². The van der Waals surface area contributed by atoms with Crippen LogP contribution in [-0.4, -0.2) is 25.0 Å². The zero-order valence-corrected chi connectivity index (χ0v) is 10.1. The summed E-state index contributed by atoms with van der Waals surface area (Å²) in [6.07, 6.45) is 0. The van der Waals surface area contributed by atoms with Crippen molar-refractivity contribution in [1.29, 1.82) is 0 Å². The lowest BCUT2D eigenvalue weighted by Crippen LogP contribution is -2.39. The summed E-state index contributed by atoms with van der Waals surface area (Å²) < 4.78 is 4.52. The van der Waals surface area contributed by atoms with Crippen molar-refractivity contribution in [1.82, 2.24) is 5.32 Å². The minimum Gasteiger partial charge on any atom is -0.467 e. The molecule has 1 aromatic rings. The quantitative estimate of drug-likeness (QED) is 0.602. The molecule has 0 fully saturated rings. The first-order chi connectivity index (χ1) is 7.93. The molecule has 0 bridgehead atoms. The van der Waals surface area contributed by atoms with Gasteiger partial charge in [0, 0.05) is 11.3 Å². The first kappa shape index (κ1) is 13.0. The van der Waals surface area contributed by atoms with Crippen LogP contribution in [-0.2, 0) is 9.53 Å². The Morgan fingerprint density at radius 1 is 1.35 bits per heavy atom. The summed E-state index contributed by atoms with van der Waals surface area (Å²) in [5.41, 5.74) is 7.48. The number of anilines is 1. The fourth-order valence-corrected chi connectivity index (χ4v) is 1.46. The van der Waals surface area contributed by atoms with Crippen molar-refractivity contribution >= 4 is 17.6 Å². The maximum Gasteiger partial charge on any atom is 0.328 e. The summed E-state index contributed by atoms with van der Waals surface area (Å²) in [4.78, 5) is 23.0. The molecule has 17 heavy (non-hydrogen) atoms. The Morgan fingerprint density at radius 2 is 2.00 bits per heavy atom. The molecule has 0 radical (unpaired) electrons. The Balaban J connectivity index is 2.79. The van der Waals surface area contributed by atoms with Crippen molar-refractivity contribution in [3.8, 4) is 0 Å². The van der Waals surface area contributed by atoms with Crippen molar-refractivity contribution < 1.29 is 14.3 Å². The van der Waals surface area contributed by atoms with E-state index in [0.717, 1.165) is 5.56 Å². The normalized spacial score (nSPS) is 11.7.